The number of amides is 3. The number of nitrogens with one attached hydrogen (secondary N) is 2. The number of aromatic amines is 1. The standard InChI is InChI=1S/C53H64N6O6/c1-31(2)41(28-46(60)64-5)50(61)58-23-9-11-44(58)42-27-37(29-54-42)38-17-18-39(47-40(38)19-22-53(47)20-7-8-21-53)35-15-13-34-26-36(16-14-33(34)25-35)43-30-55-49(56-43)45-12-10-24-59(45)51(62)48(32(3)4)57-52(63)65-6/h13-18,25-26,29-32,41,44-45,48H,7-12,19-24,27-28H2,1-6H3,(H,55,56)(H,57,63)/t41-,44-,45-,48-/m0/s1. The van der Waals surface area contributed by atoms with Gasteiger partial charge in [-0.25, -0.2) is 9.78 Å². The molecule has 12 heteroatoms. The second kappa shape index (κ2) is 18.2. The molecular formula is C53H64N6O6. The van der Waals surface area contributed by atoms with Crippen LogP contribution in [0.4, 0.5) is 4.79 Å². The van der Waals surface area contributed by atoms with E-state index in [9.17, 15) is 19.2 Å². The summed E-state index contributed by atoms with van der Waals surface area (Å²) in [6, 6.07) is 17.2. The van der Waals surface area contributed by atoms with Gasteiger partial charge in [-0.15, -0.1) is 0 Å². The van der Waals surface area contributed by atoms with Crippen LogP contribution in [0.3, 0.4) is 0 Å². The van der Waals surface area contributed by atoms with Crippen molar-refractivity contribution in [1.82, 2.24) is 25.1 Å². The highest BCUT2D eigenvalue weighted by Crippen LogP contribution is 2.55. The normalized spacial score (nSPS) is 21.0. The van der Waals surface area contributed by atoms with E-state index in [2.05, 4.69) is 65.0 Å². The third kappa shape index (κ3) is 8.38. The SMILES string of the molecule is COC(=O)C[C@H](C(=O)N1CCC[C@H]1C1=NC=C(c2ccc(-c3ccc4cc(-c5cnc([C@@H]6CCCN6C(=O)[C@@H](NC(=O)OC)C(C)C)[nH]5)ccc4c3)c3c2CCC32CCCC2)C1)C(C)C. The molecule has 65 heavy (non-hydrogen) atoms. The number of ether oxygens (including phenoxy) is 2. The Bertz CT molecular complexity index is 2570. The van der Waals surface area contributed by atoms with Gasteiger partial charge in [0.1, 0.15) is 11.9 Å². The van der Waals surface area contributed by atoms with Crippen LogP contribution >= 0.6 is 0 Å². The number of nitrogens with zero attached hydrogens (tertiary/aromatic N) is 4. The third-order valence-electron chi connectivity index (χ3n) is 15.3. The van der Waals surface area contributed by atoms with Gasteiger partial charge >= 0.3 is 12.1 Å². The van der Waals surface area contributed by atoms with E-state index in [1.54, 1.807) is 0 Å². The molecule has 3 fully saturated rings. The zero-order valence-electron chi connectivity index (χ0n) is 38.9. The molecule has 1 aromatic heterocycles. The smallest absolute Gasteiger partial charge is 0.407 e. The molecule has 342 valence electrons. The lowest BCUT2D eigenvalue weighted by atomic mass is 9.76. The maximum Gasteiger partial charge on any atom is 0.407 e. The van der Waals surface area contributed by atoms with Crippen molar-refractivity contribution in [2.24, 2.45) is 22.7 Å². The minimum absolute atomic E-state index is 0.0280. The van der Waals surface area contributed by atoms with Gasteiger partial charge in [-0.05, 0) is 125 Å². The number of allylic oxidation sites excluding steroid dienone is 1. The first-order valence-electron chi connectivity index (χ1n) is 23.9. The number of carbonyl (C=O) groups is 4. The summed E-state index contributed by atoms with van der Waals surface area (Å²) in [7, 11) is 2.69. The van der Waals surface area contributed by atoms with E-state index in [0.717, 1.165) is 66.7 Å². The number of methoxy groups -OCH3 is 2. The number of carbonyl (C=O) groups excluding carboxylic acids is 4. The molecule has 1 saturated carbocycles. The molecule has 3 amide bonds. The zero-order chi connectivity index (χ0) is 45.6. The quantitative estimate of drug-likeness (QED) is 0.135. The van der Waals surface area contributed by atoms with Gasteiger partial charge in [0, 0.05) is 37.0 Å². The Kier molecular flexibility index (Phi) is 12.5. The molecule has 4 aromatic rings. The highest BCUT2D eigenvalue weighted by Gasteiger charge is 2.45. The molecule has 0 unspecified atom stereocenters. The van der Waals surface area contributed by atoms with Crippen molar-refractivity contribution in [3.05, 3.63) is 83.4 Å². The van der Waals surface area contributed by atoms with Crippen LogP contribution in [-0.4, -0.2) is 88.7 Å². The summed E-state index contributed by atoms with van der Waals surface area (Å²) in [5, 5.41) is 5.04. The molecule has 5 aliphatic rings. The van der Waals surface area contributed by atoms with Gasteiger partial charge in [-0.2, -0.15) is 0 Å². The fourth-order valence-corrected chi connectivity index (χ4v) is 11.8. The van der Waals surface area contributed by atoms with Gasteiger partial charge in [0.05, 0.1) is 50.5 Å². The van der Waals surface area contributed by atoms with E-state index < -0.39 is 18.1 Å². The van der Waals surface area contributed by atoms with E-state index in [-0.39, 0.29) is 53.5 Å². The molecule has 4 heterocycles. The Balaban J connectivity index is 0.948. The van der Waals surface area contributed by atoms with E-state index in [4.69, 9.17) is 19.5 Å². The van der Waals surface area contributed by atoms with Crippen molar-refractivity contribution < 1.29 is 28.7 Å². The number of aromatic nitrogens is 2. The number of imidazole rings is 1. The van der Waals surface area contributed by atoms with Crippen LogP contribution in [0, 0.1) is 17.8 Å². The number of hydrogen-bond donors (Lipinski definition) is 2. The predicted molar refractivity (Wildman–Crippen MR) is 253 cm³/mol. The van der Waals surface area contributed by atoms with Crippen molar-refractivity contribution in [3.8, 4) is 22.4 Å². The van der Waals surface area contributed by atoms with Crippen molar-refractivity contribution in [3.63, 3.8) is 0 Å². The number of alkyl carbamates (subject to hydrolysis) is 1. The first-order valence-corrected chi connectivity index (χ1v) is 23.9. The van der Waals surface area contributed by atoms with Crippen LogP contribution in [0.15, 0.2) is 65.9 Å². The molecule has 3 aliphatic heterocycles. The van der Waals surface area contributed by atoms with E-state index >= 15 is 0 Å². The first kappa shape index (κ1) is 44.4. The minimum Gasteiger partial charge on any atom is -0.469 e. The topological polar surface area (TPSA) is 146 Å². The van der Waals surface area contributed by atoms with Crippen LogP contribution in [0.1, 0.15) is 127 Å². The number of fused-ring (bicyclic) bond motifs is 3. The van der Waals surface area contributed by atoms with Crippen molar-refractivity contribution in [1.29, 1.82) is 0 Å². The maximum atomic E-state index is 13.9. The fourth-order valence-electron chi connectivity index (χ4n) is 11.8. The Hall–Kier alpha value is -5.78. The van der Waals surface area contributed by atoms with Crippen LogP contribution in [0.5, 0.6) is 0 Å². The summed E-state index contributed by atoms with van der Waals surface area (Å²) in [4.78, 5) is 69.2. The van der Waals surface area contributed by atoms with E-state index in [0.29, 0.717) is 13.1 Å². The summed E-state index contributed by atoms with van der Waals surface area (Å²) in [6.07, 6.45) is 14.8. The molecule has 9 rings (SSSR count). The number of aliphatic imine (C=N–C) groups is 1. The average molecular weight is 881 g/mol. The first-order chi connectivity index (χ1) is 31.4. The molecule has 2 aliphatic carbocycles. The van der Waals surface area contributed by atoms with Gasteiger partial charge in [0.2, 0.25) is 11.8 Å². The lowest BCUT2D eigenvalue weighted by Gasteiger charge is -2.30. The minimum atomic E-state index is -0.684. The molecule has 4 atom stereocenters. The molecule has 2 saturated heterocycles. The molecular weight excluding hydrogens is 817 g/mol. The highest BCUT2D eigenvalue weighted by molar-refractivity contribution is 6.04. The Morgan fingerprint density at radius 1 is 0.800 bits per heavy atom. The molecule has 3 aromatic carbocycles. The molecule has 12 nitrogen and oxygen atoms in total. The van der Waals surface area contributed by atoms with Crippen LogP contribution < -0.4 is 5.32 Å². The maximum absolute atomic E-state index is 13.9. The largest absolute Gasteiger partial charge is 0.469 e. The number of esters is 1. The number of likely N-dealkylation sites (tertiary alicyclic amines) is 2. The van der Waals surface area contributed by atoms with Gasteiger partial charge in [0.15, 0.2) is 0 Å². The number of rotatable bonds is 12. The van der Waals surface area contributed by atoms with Crippen LogP contribution in [-0.2, 0) is 35.7 Å². The van der Waals surface area contributed by atoms with E-state index in [1.807, 2.05) is 43.7 Å². The summed E-state index contributed by atoms with van der Waals surface area (Å²) in [6.45, 7) is 9.15. The Morgan fingerprint density at radius 3 is 2.17 bits per heavy atom. The molecule has 2 N–H and O–H groups in total. The van der Waals surface area contributed by atoms with Gasteiger partial charge in [0.25, 0.3) is 0 Å². The Labute approximate surface area is 382 Å². The summed E-state index contributed by atoms with van der Waals surface area (Å²) >= 11 is 0. The second-order valence-electron chi connectivity index (χ2n) is 19.8. The zero-order valence-corrected chi connectivity index (χ0v) is 38.9. The highest BCUT2D eigenvalue weighted by atomic mass is 16.5. The summed E-state index contributed by atoms with van der Waals surface area (Å²) in [5.41, 5.74) is 11.3. The van der Waals surface area contributed by atoms with Crippen LogP contribution in [0.25, 0.3) is 38.7 Å². The molecule has 0 radical (unpaired) electrons. The third-order valence-corrected chi connectivity index (χ3v) is 15.3. The number of benzene rings is 3. The number of hydrogen-bond acceptors (Lipinski definition) is 8. The lowest BCUT2D eigenvalue weighted by molar-refractivity contribution is -0.148. The van der Waals surface area contributed by atoms with Crippen molar-refractivity contribution in [2.75, 3.05) is 27.3 Å². The van der Waals surface area contributed by atoms with Crippen molar-refractivity contribution in [2.45, 2.75) is 128 Å². The monoisotopic (exact) mass is 880 g/mol. The second-order valence-corrected chi connectivity index (χ2v) is 19.8. The molecule has 1 spiro atoms. The number of H-pyrrole nitrogens is 1. The lowest BCUT2D eigenvalue weighted by Crippen LogP contribution is -2.51. The van der Waals surface area contributed by atoms with Gasteiger partial charge in [-0.3, -0.25) is 19.4 Å². The van der Waals surface area contributed by atoms with Crippen molar-refractivity contribution >= 4 is 45.9 Å². The van der Waals surface area contributed by atoms with Crippen LogP contribution in [0.2, 0.25) is 0 Å². The van der Waals surface area contributed by atoms with Gasteiger partial charge in [-0.1, -0.05) is 76.9 Å². The van der Waals surface area contributed by atoms with Gasteiger partial charge < -0.3 is 29.6 Å². The summed E-state index contributed by atoms with van der Waals surface area (Å²) in [5.74, 6) is -0.166. The Morgan fingerprint density at radius 2 is 1.48 bits per heavy atom. The molecule has 0 bridgehead atoms. The van der Waals surface area contributed by atoms with E-state index in [1.165, 1.54) is 85.1 Å². The fraction of sp³-hybridized carbons (Fsp3) is 0.509. The average Bonchev–Trinajstić information content (AvgIpc) is 4.18. The predicted octanol–water partition coefficient (Wildman–Crippen LogP) is 9.71. The summed E-state index contributed by atoms with van der Waals surface area (Å²) < 4.78 is 9.76.